The third-order valence-electron chi connectivity index (χ3n) is 5.17. The van der Waals surface area contributed by atoms with Gasteiger partial charge in [-0.2, -0.15) is 0 Å². The fraction of sp³-hybridized carbons (Fsp3) is 0.429. The number of hydrogen-bond donors (Lipinski definition) is 1. The number of benzene rings is 2. The SMILES string of the molecule is CC1(C)C[C@](CCNS(=O)(=O)c2ccccc2)(c2ccccc2)CCO1. The summed E-state index contributed by atoms with van der Waals surface area (Å²) < 4.78 is 33.7. The lowest BCUT2D eigenvalue weighted by molar-refractivity contribution is -0.0837. The number of rotatable bonds is 6. The lowest BCUT2D eigenvalue weighted by Crippen LogP contribution is -2.45. The fourth-order valence-electron chi connectivity index (χ4n) is 3.98. The van der Waals surface area contributed by atoms with Crippen molar-refractivity contribution in [2.45, 2.75) is 49.0 Å². The summed E-state index contributed by atoms with van der Waals surface area (Å²) in [4.78, 5) is 0.307. The maximum Gasteiger partial charge on any atom is 0.240 e. The molecule has 1 aliphatic heterocycles. The van der Waals surface area contributed by atoms with Crippen molar-refractivity contribution in [3.8, 4) is 0 Å². The molecule has 1 N–H and O–H groups in total. The Balaban J connectivity index is 1.77. The van der Waals surface area contributed by atoms with E-state index in [1.54, 1.807) is 24.3 Å². The summed E-state index contributed by atoms with van der Waals surface area (Å²) in [5.41, 5.74) is 0.963. The average Bonchev–Trinajstić information content (AvgIpc) is 2.62. The highest BCUT2D eigenvalue weighted by Crippen LogP contribution is 2.43. The molecule has 4 nitrogen and oxygen atoms in total. The normalized spacial score (nSPS) is 22.8. The van der Waals surface area contributed by atoms with E-state index < -0.39 is 10.0 Å². The molecule has 5 heteroatoms. The van der Waals surface area contributed by atoms with Gasteiger partial charge in [-0.05, 0) is 50.8 Å². The summed E-state index contributed by atoms with van der Waals surface area (Å²) in [7, 11) is -3.48. The van der Waals surface area contributed by atoms with Gasteiger partial charge in [0, 0.05) is 18.6 Å². The van der Waals surface area contributed by atoms with E-state index in [1.165, 1.54) is 5.56 Å². The monoisotopic (exact) mass is 373 g/mol. The van der Waals surface area contributed by atoms with E-state index in [-0.39, 0.29) is 11.0 Å². The van der Waals surface area contributed by atoms with E-state index in [1.807, 2.05) is 24.3 Å². The van der Waals surface area contributed by atoms with Gasteiger partial charge in [0.15, 0.2) is 0 Å². The van der Waals surface area contributed by atoms with Crippen LogP contribution in [0.3, 0.4) is 0 Å². The summed E-state index contributed by atoms with van der Waals surface area (Å²) in [6.45, 7) is 5.31. The van der Waals surface area contributed by atoms with Crippen molar-refractivity contribution >= 4 is 10.0 Å². The zero-order valence-electron chi connectivity index (χ0n) is 15.4. The zero-order chi connectivity index (χ0) is 18.7. The molecule has 0 saturated carbocycles. The van der Waals surface area contributed by atoms with Gasteiger partial charge in [0.1, 0.15) is 0 Å². The van der Waals surface area contributed by atoms with Gasteiger partial charge < -0.3 is 4.74 Å². The third kappa shape index (κ3) is 4.34. The molecule has 3 rings (SSSR count). The first-order valence-electron chi connectivity index (χ1n) is 9.07. The molecule has 2 aromatic carbocycles. The maximum absolute atomic E-state index is 12.5. The quantitative estimate of drug-likeness (QED) is 0.836. The molecular weight excluding hydrogens is 346 g/mol. The van der Waals surface area contributed by atoms with Crippen LogP contribution in [-0.4, -0.2) is 27.2 Å². The molecule has 0 bridgehead atoms. The predicted octanol–water partition coefficient (Wildman–Crippen LogP) is 3.88. The van der Waals surface area contributed by atoms with Crippen LogP contribution in [0, 0.1) is 0 Å². The first kappa shape index (κ1) is 19.1. The number of hydrogen-bond acceptors (Lipinski definition) is 3. The second-order valence-electron chi connectivity index (χ2n) is 7.64. The Morgan fingerprint density at radius 3 is 2.23 bits per heavy atom. The summed E-state index contributed by atoms with van der Waals surface area (Å²) in [5, 5.41) is 0. The molecule has 1 fully saturated rings. The van der Waals surface area contributed by atoms with Crippen LogP contribution in [0.1, 0.15) is 38.7 Å². The molecule has 0 spiro atoms. The summed E-state index contributed by atoms with van der Waals surface area (Å²) in [5.74, 6) is 0. The smallest absolute Gasteiger partial charge is 0.240 e. The van der Waals surface area contributed by atoms with E-state index in [2.05, 4.69) is 30.7 Å². The Labute approximate surface area is 156 Å². The molecule has 1 saturated heterocycles. The maximum atomic E-state index is 12.5. The van der Waals surface area contributed by atoms with E-state index in [4.69, 9.17) is 4.74 Å². The molecule has 26 heavy (non-hydrogen) atoms. The molecule has 0 aromatic heterocycles. The van der Waals surface area contributed by atoms with Crippen LogP contribution in [0.25, 0.3) is 0 Å². The van der Waals surface area contributed by atoms with Crippen molar-refractivity contribution in [3.63, 3.8) is 0 Å². The Bertz CT molecular complexity index is 819. The molecule has 2 aromatic rings. The highest BCUT2D eigenvalue weighted by Gasteiger charge is 2.41. The largest absolute Gasteiger partial charge is 0.376 e. The molecule has 1 atom stereocenters. The Morgan fingerprint density at radius 1 is 1.00 bits per heavy atom. The summed E-state index contributed by atoms with van der Waals surface area (Å²) in [6, 6.07) is 18.9. The van der Waals surface area contributed by atoms with Crippen LogP contribution in [-0.2, 0) is 20.2 Å². The molecule has 0 radical (unpaired) electrons. The molecule has 0 amide bonds. The van der Waals surface area contributed by atoms with Gasteiger partial charge in [0.05, 0.1) is 10.5 Å². The molecule has 0 unspecified atom stereocenters. The van der Waals surface area contributed by atoms with Crippen molar-refractivity contribution < 1.29 is 13.2 Å². The molecule has 1 heterocycles. The number of ether oxygens (including phenoxy) is 1. The number of nitrogens with one attached hydrogen (secondary N) is 1. The van der Waals surface area contributed by atoms with Gasteiger partial charge in [-0.3, -0.25) is 0 Å². The van der Waals surface area contributed by atoms with E-state index in [0.29, 0.717) is 18.0 Å². The summed E-state index contributed by atoms with van der Waals surface area (Å²) in [6.07, 6.45) is 2.51. The van der Waals surface area contributed by atoms with Gasteiger partial charge in [-0.15, -0.1) is 0 Å². The van der Waals surface area contributed by atoms with Crippen LogP contribution in [0.5, 0.6) is 0 Å². The minimum atomic E-state index is -3.48. The van der Waals surface area contributed by atoms with Crippen molar-refractivity contribution in [2.24, 2.45) is 0 Å². The highest BCUT2D eigenvalue weighted by molar-refractivity contribution is 7.89. The predicted molar refractivity (Wildman–Crippen MR) is 104 cm³/mol. The van der Waals surface area contributed by atoms with Gasteiger partial charge in [0.25, 0.3) is 0 Å². The first-order chi connectivity index (χ1) is 12.3. The molecule has 0 aliphatic carbocycles. The van der Waals surface area contributed by atoms with Crippen LogP contribution in [0.4, 0.5) is 0 Å². The van der Waals surface area contributed by atoms with Crippen molar-refractivity contribution in [1.29, 1.82) is 0 Å². The van der Waals surface area contributed by atoms with Gasteiger partial charge in [0.2, 0.25) is 10.0 Å². The van der Waals surface area contributed by atoms with Crippen LogP contribution in [0.15, 0.2) is 65.6 Å². The zero-order valence-corrected chi connectivity index (χ0v) is 16.3. The Kier molecular flexibility index (Phi) is 5.51. The van der Waals surface area contributed by atoms with E-state index in [0.717, 1.165) is 19.3 Å². The van der Waals surface area contributed by atoms with Crippen molar-refractivity contribution in [3.05, 3.63) is 66.2 Å². The second-order valence-corrected chi connectivity index (χ2v) is 9.41. The topological polar surface area (TPSA) is 55.4 Å². The van der Waals surface area contributed by atoms with E-state index in [9.17, 15) is 8.42 Å². The summed E-state index contributed by atoms with van der Waals surface area (Å²) >= 11 is 0. The van der Waals surface area contributed by atoms with E-state index >= 15 is 0 Å². The second kappa shape index (κ2) is 7.51. The Hall–Kier alpha value is -1.69. The molecular formula is C21H27NO3S. The van der Waals surface area contributed by atoms with Crippen LogP contribution < -0.4 is 4.72 Å². The van der Waals surface area contributed by atoms with Gasteiger partial charge in [-0.25, -0.2) is 13.1 Å². The lowest BCUT2D eigenvalue weighted by atomic mass is 9.67. The average molecular weight is 374 g/mol. The van der Waals surface area contributed by atoms with Crippen LogP contribution in [0.2, 0.25) is 0 Å². The van der Waals surface area contributed by atoms with Gasteiger partial charge in [-0.1, -0.05) is 48.5 Å². The number of sulfonamides is 1. The van der Waals surface area contributed by atoms with Crippen molar-refractivity contribution in [1.82, 2.24) is 4.72 Å². The minimum Gasteiger partial charge on any atom is -0.376 e. The third-order valence-corrected chi connectivity index (χ3v) is 6.65. The molecule has 1 aliphatic rings. The fourth-order valence-corrected chi connectivity index (χ4v) is 5.03. The lowest BCUT2D eigenvalue weighted by Gasteiger charge is -2.45. The van der Waals surface area contributed by atoms with Gasteiger partial charge >= 0.3 is 0 Å². The van der Waals surface area contributed by atoms with Crippen LogP contribution >= 0.6 is 0 Å². The van der Waals surface area contributed by atoms with Crippen molar-refractivity contribution in [2.75, 3.05) is 13.2 Å². The minimum absolute atomic E-state index is 0.0811. The molecule has 140 valence electrons. The Morgan fingerprint density at radius 2 is 1.62 bits per heavy atom. The highest BCUT2D eigenvalue weighted by atomic mass is 32.2. The standard InChI is InChI=1S/C21H27NO3S/c1-20(2)17-21(14-16-25-20,18-9-5-3-6-10-18)13-15-22-26(23,24)19-11-7-4-8-12-19/h3-12,22H,13-17H2,1-2H3/t21-/m1/s1. The first-order valence-corrected chi connectivity index (χ1v) is 10.6.